The molecule has 0 radical (unpaired) electrons. The summed E-state index contributed by atoms with van der Waals surface area (Å²) in [6.07, 6.45) is 0. The van der Waals surface area contributed by atoms with Crippen molar-refractivity contribution in [3.8, 4) is 0 Å². The average Bonchev–Trinajstić information content (AvgIpc) is 2.01. The largest absolute Gasteiger partial charge is 0.397 e. The van der Waals surface area contributed by atoms with Crippen LogP contribution in [0.15, 0.2) is 0 Å². The number of aromatic nitrogens is 1. The lowest BCUT2D eigenvalue weighted by atomic mass is 9.98. The fourth-order valence-electron chi connectivity index (χ4n) is 1.53. The van der Waals surface area contributed by atoms with Gasteiger partial charge in [0.1, 0.15) is 0 Å². The van der Waals surface area contributed by atoms with E-state index >= 15 is 0 Å². The molecule has 13 heavy (non-hydrogen) atoms. The Morgan fingerprint density at radius 2 is 1.38 bits per heavy atom. The first-order valence-corrected chi connectivity index (χ1v) is 4.47. The summed E-state index contributed by atoms with van der Waals surface area (Å²) < 4.78 is 0. The van der Waals surface area contributed by atoms with Crippen LogP contribution in [0.1, 0.15) is 36.7 Å². The minimum atomic E-state index is 0.348. The number of hydrogen-bond acceptors (Lipinski definition) is 3. The molecule has 72 valence electrons. The normalized spacial score (nSPS) is 10.8. The Bertz CT molecular complexity index is 303. The van der Waals surface area contributed by atoms with Gasteiger partial charge in [-0.1, -0.05) is 13.8 Å². The number of rotatable bonds is 1. The molecule has 0 aromatic carbocycles. The van der Waals surface area contributed by atoms with Gasteiger partial charge in [0.15, 0.2) is 0 Å². The molecule has 0 aliphatic rings. The minimum absolute atomic E-state index is 0.348. The number of hydrogen-bond donors (Lipinski definition) is 2. The van der Waals surface area contributed by atoms with Crippen LogP contribution < -0.4 is 11.5 Å². The van der Waals surface area contributed by atoms with E-state index in [2.05, 4.69) is 18.8 Å². The van der Waals surface area contributed by atoms with Crippen LogP contribution in [-0.4, -0.2) is 4.98 Å². The lowest BCUT2D eigenvalue weighted by molar-refractivity contribution is 0.863. The fraction of sp³-hybridized carbons (Fsp3) is 0.500. The van der Waals surface area contributed by atoms with Crippen molar-refractivity contribution in [1.29, 1.82) is 0 Å². The quantitative estimate of drug-likeness (QED) is 0.692. The van der Waals surface area contributed by atoms with Crippen LogP contribution in [0.5, 0.6) is 0 Å². The zero-order chi connectivity index (χ0) is 10.2. The summed E-state index contributed by atoms with van der Waals surface area (Å²) in [6, 6.07) is 0. The first kappa shape index (κ1) is 9.84. The van der Waals surface area contributed by atoms with E-state index < -0.39 is 0 Å². The van der Waals surface area contributed by atoms with E-state index in [9.17, 15) is 0 Å². The van der Waals surface area contributed by atoms with E-state index in [1.807, 2.05) is 13.8 Å². The van der Waals surface area contributed by atoms with Crippen molar-refractivity contribution in [3.63, 3.8) is 0 Å². The van der Waals surface area contributed by atoms with E-state index in [0.29, 0.717) is 5.92 Å². The Hall–Kier alpha value is -1.25. The first-order chi connectivity index (χ1) is 5.95. The SMILES string of the molecule is Cc1nc(C)c(N)c(C(C)C)c1N. The van der Waals surface area contributed by atoms with Gasteiger partial charge in [0.05, 0.1) is 22.8 Å². The molecule has 3 heteroatoms. The Balaban J connectivity index is 3.46. The molecule has 0 aliphatic heterocycles. The topological polar surface area (TPSA) is 64.9 Å². The van der Waals surface area contributed by atoms with Crippen LogP contribution in [0.2, 0.25) is 0 Å². The summed E-state index contributed by atoms with van der Waals surface area (Å²) in [4.78, 5) is 4.27. The van der Waals surface area contributed by atoms with Gasteiger partial charge in [-0.25, -0.2) is 0 Å². The summed E-state index contributed by atoms with van der Waals surface area (Å²) in [5.41, 5.74) is 16.1. The van der Waals surface area contributed by atoms with Gasteiger partial charge in [0.25, 0.3) is 0 Å². The lowest BCUT2D eigenvalue weighted by Crippen LogP contribution is -2.08. The fourth-order valence-corrected chi connectivity index (χ4v) is 1.53. The zero-order valence-corrected chi connectivity index (χ0v) is 8.68. The molecule has 0 saturated heterocycles. The highest BCUT2D eigenvalue weighted by Gasteiger charge is 2.13. The maximum absolute atomic E-state index is 5.91. The molecule has 0 atom stereocenters. The molecule has 0 unspecified atom stereocenters. The number of pyridine rings is 1. The van der Waals surface area contributed by atoms with Gasteiger partial charge in [0, 0.05) is 5.56 Å². The van der Waals surface area contributed by atoms with E-state index in [4.69, 9.17) is 11.5 Å². The molecule has 1 aromatic heterocycles. The molecule has 0 aliphatic carbocycles. The molecule has 1 heterocycles. The smallest absolute Gasteiger partial charge is 0.0609 e. The van der Waals surface area contributed by atoms with E-state index in [1.54, 1.807) is 0 Å². The molecular formula is C10H17N3. The van der Waals surface area contributed by atoms with Gasteiger partial charge in [0.2, 0.25) is 0 Å². The van der Waals surface area contributed by atoms with Gasteiger partial charge in [-0.2, -0.15) is 0 Å². The zero-order valence-electron chi connectivity index (χ0n) is 8.68. The minimum Gasteiger partial charge on any atom is -0.397 e. The van der Waals surface area contributed by atoms with Crippen molar-refractivity contribution in [1.82, 2.24) is 4.98 Å². The molecular weight excluding hydrogens is 162 g/mol. The summed E-state index contributed by atoms with van der Waals surface area (Å²) in [6.45, 7) is 7.99. The Kier molecular flexibility index (Phi) is 2.45. The molecule has 1 aromatic rings. The third-order valence-electron chi connectivity index (χ3n) is 2.27. The van der Waals surface area contributed by atoms with Gasteiger partial charge >= 0.3 is 0 Å². The highest BCUT2D eigenvalue weighted by atomic mass is 14.8. The summed E-state index contributed by atoms with van der Waals surface area (Å²) in [7, 11) is 0. The van der Waals surface area contributed by atoms with Crippen molar-refractivity contribution < 1.29 is 0 Å². The average molecular weight is 179 g/mol. The van der Waals surface area contributed by atoms with Crippen LogP contribution in [0.4, 0.5) is 11.4 Å². The summed E-state index contributed by atoms with van der Waals surface area (Å²) >= 11 is 0. The number of anilines is 2. The predicted molar refractivity (Wildman–Crippen MR) is 56.6 cm³/mol. The summed E-state index contributed by atoms with van der Waals surface area (Å²) in [5.74, 6) is 0.348. The highest BCUT2D eigenvalue weighted by molar-refractivity contribution is 5.66. The predicted octanol–water partition coefficient (Wildman–Crippen LogP) is 1.99. The van der Waals surface area contributed by atoms with Crippen molar-refractivity contribution >= 4 is 11.4 Å². The third kappa shape index (κ3) is 1.59. The second-order valence-corrected chi connectivity index (χ2v) is 3.68. The van der Waals surface area contributed by atoms with Crippen LogP contribution in [0.3, 0.4) is 0 Å². The molecule has 0 amide bonds. The molecule has 3 nitrogen and oxygen atoms in total. The monoisotopic (exact) mass is 179 g/mol. The number of aryl methyl sites for hydroxylation is 2. The number of nitrogen functional groups attached to an aromatic ring is 2. The van der Waals surface area contributed by atoms with Crippen molar-refractivity contribution in [3.05, 3.63) is 17.0 Å². The maximum Gasteiger partial charge on any atom is 0.0609 e. The van der Waals surface area contributed by atoms with E-state index in [1.165, 1.54) is 0 Å². The van der Waals surface area contributed by atoms with Gasteiger partial charge in [-0.05, 0) is 19.8 Å². The van der Waals surface area contributed by atoms with Gasteiger partial charge < -0.3 is 11.5 Å². The standard InChI is InChI=1S/C10H17N3/c1-5(2)8-9(11)6(3)13-7(4)10(8)12/h5H,11-12H2,1-4H3. The van der Waals surface area contributed by atoms with Crippen molar-refractivity contribution in [2.24, 2.45) is 0 Å². The third-order valence-corrected chi connectivity index (χ3v) is 2.27. The Morgan fingerprint density at radius 1 is 1.00 bits per heavy atom. The molecule has 0 bridgehead atoms. The maximum atomic E-state index is 5.91. The van der Waals surface area contributed by atoms with Crippen LogP contribution in [-0.2, 0) is 0 Å². The molecule has 0 spiro atoms. The van der Waals surface area contributed by atoms with E-state index in [0.717, 1.165) is 28.3 Å². The lowest BCUT2D eigenvalue weighted by Gasteiger charge is -2.16. The van der Waals surface area contributed by atoms with Gasteiger partial charge in [-0.3, -0.25) is 4.98 Å². The van der Waals surface area contributed by atoms with Crippen LogP contribution in [0.25, 0.3) is 0 Å². The Morgan fingerprint density at radius 3 is 1.69 bits per heavy atom. The van der Waals surface area contributed by atoms with Gasteiger partial charge in [-0.15, -0.1) is 0 Å². The molecule has 4 N–H and O–H groups in total. The first-order valence-electron chi connectivity index (χ1n) is 4.47. The molecule has 0 fully saturated rings. The molecule has 1 rings (SSSR count). The second-order valence-electron chi connectivity index (χ2n) is 3.68. The van der Waals surface area contributed by atoms with Crippen LogP contribution >= 0.6 is 0 Å². The molecule has 0 saturated carbocycles. The highest BCUT2D eigenvalue weighted by Crippen LogP contribution is 2.30. The Labute approximate surface area is 79.2 Å². The number of nitrogens with two attached hydrogens (primary N) is 2. The second kappa shape index (κ2) is 3.24. The van der Waals surface area contributed by atoms with Crippen LogP contribution in [0, 0.1) is 13.8 Å². The van der Waals surface area contributed by atoms with E-state index in [-0.39, 0.29) is 0 Å². The number of nitrogens with zero attached hydrogens (tertiary/aromatic N) is 1. The van der Waals surface area contributed by atoms with Crippen molar-refractivity contribution in [2.45, 2.75) is 33.6 Å². The van der Waals surface area contributed by atoms with Crippen molar-refractivity contribution in [2.75, 3.05) is 11.5 Å². The summed E-state index contributed by atoms with van der Waals surface area (Å²) in [5, 5.41) is 0.